The van der Waals surface area contributed by atoms with Crippen molar-refractivity contribution in [2.75, 3.05) is 6.54 Å². The molecule has 136 valence electrons. The number of benzene rings is 2. The molecule has 3 nitrogen and oxygen atoms in total. The number of hydrogen-bond donors (Lipinski definition) is 2. The lowest BCUT2D eigenvalue weighted by atomic mass is 9.87. The summed E-state index contributed by atoms with van der Waals surface area (Å²) in [5, 5.41) is 4.04. The number of carbonyl (C=O) groups is 1. The normalized spacial score (nSPS) is 12.3. The van der Waals surface area contributed by atoms with Gasteiger partial charge in [0.1, 0.15) is 5.82 Å². The van der Waals surface area contributed by atoms with Crippen molar-refractivity contribution in [2.24, 2.45) is 0 Å². The fraction of sp³-hybridized carbons (Fsp3) is 0.318. The number of hydrogen-bond acceptors (Lipinski definition) is 1. The molecular formula is C22H25FN2O. The third-order valence-electron chi connectivity index (χ3n) is 4.80. The molecule has 0 aliphatic heterocycles. The van der Waals surface area contributed by atoms with Crippen LogP contribution >= 0.6 is 0 Å². The number of rotatable bonds is 7. The molecule has 3 rings (SSSR count). The Kier molecular flexibility index (Phi) is 5.71. The van der Waals surface area contributed by atoms with Gasteiger partial charge in [0, 0.05) is 36.0 Å². The van der Waals surface area contributed by atoms with Crippen LogP contribution in [0.4, 0.5) is 4.39 Å². The molecule has 1 heterocycles. The van der Waals surface area contributed by atoms with Gasteiger partial charge in [0.2, 0.25) is 5.91 Å². The lowest BCUT2D eigenvalue weighted by Crippen LogP contribution is -2.26. The zero-order valence-corrected chi connectivity index (χ0v) is 15.3. The lowest BCUT2D eigenvalue weighted by Gasteiger charge is -2.17. The molecule has 4 heteroatoms. The highest BCUT2D eigenvalue weighted by molar-refractivity contribution is 5.88. The number of aromatic amines is 1. The van der Waals surface area contributed by atoms with Gasteiger partial charge in [0.15, 0.2) is 0 Å². The Morgan fingerprint density at radius 1 is 1.19 bits per heavy atom. The molecule has 0 aliphatic carbocycles. The molecular weight excluding hydrogens is 327 g/mol. The van der Waals surface area contributed by atoms with Crippen LogP contribution < -0.4 is 5.32 Å². The predicted molar refractivity (Wildman–Crippen MR) is 104 cm³/mol. The van der Waals surface area contributed by atoms with Crippen LogP contribution in [0.3, 0.4) is 0 Å². The fourth-order valence-corrected chi connectivity index (χ4v) is 3.47. The van der Waals surface area contributed by atoms with Crippen molar-refractivity contribution < 1.29 is 9.18 Å². The number of fused-ring (bicyclic) bond motifs is 1. The van der Waals surface area contributed by atoms with E-state index in [-0.39, 0.29) is 17.6 Å². The monoisotopic (exact) mass is 352 g/mol. The van der Waals surface area contributed by atoms with Crippen molar-refractivity contribution in [3.8, 4) is 0 Å². The van der Waals surface area contributed by atoms with Crippen molar-refractivity contribution in [2.45, 2.75) is 39.0 Å². The van der Waals surface area contributed by atoms with Gasteiger partial charge in [0.05, 0.1) is 0 Å². The van der Waals surface area contributed by atoms with E-state index in [4.69, 9.17) is 0 Å². The topological polar surface area (TPSA) is 44.9 Å². The number of aryl methyl sites for hydroxylation is 1. The van der Waals surface area contributed by atoms with E-state index in [1.54, 1.807) is 6.07 Å². The number of nitrogens with one attached hydrogen (secondary N) is 2. The average molecular weight is 352 g/mol. The molecule has 3 aromatic rings. The number of halogens is 1. The quantitative estimate of drug-likeness (QED) is 0.623. The summed E-state index contributed by atoms with van der Waals surface area (Å²) in [6.07, 6.45) is 4.08. The Hall–Kier alpha value is -2.62. The van der Waals surface area contributed by atoms with E-state index in [2.05, 4.69) is 29.4 Å². The van der Waals surface area contributed by atoms with Gasteiger partial charge in [-0.1, -0.05) is 44.2 Å². The van der Waals surface area contributed by atoms with E-state index in [0.29, 0.717) is 13.0 Å². The van der Waals surface area contributed by atoms with Crippen molar-refractivity contribution in [3.05, 3.63) is 71.2 Å². The molecule has 0 unspecified atom stereocenters. The van der Waals surface area contributed by atoms with Crippen molar-refractivity contribution in [3.63, 3.8) is 0 Å². The molecule has 0 spiro atoms. The van der Waals surface area contributed by atoms with Crippen molar-refractivity contribution in [1.29, 1.82) is 0 Å². The maximum atomic E-state index is 13.8. The van der Waals surface area contributed by atoms with Crippen LogP contribution in [0.1, 0.15) is 49.3 Å². The molecule has 0 aliphatic rings. The summed E-state index contributed by atoms with van der Waals surface area (Å²) in [4.78, 5) is 15.8. The molecule has 0 radical (unpaired) electrons. The van der Waals surface area contributed by atoms with Gasteiger partial charge in [-0.2, -0.15) is 0 Å². The SMILES string of the molecule is CCCNC(=O)C[C@H](c1cccc(F)c1)c1c[nH]c2c(CC)cccc12. The first-order valence-corrected chi connectivity index (χ1v) is 9.25. The summed E-state index contributed by atoms with van der Waals surface area (Å²) < 4.78 is 13.8. The van der Waals surface area contributed by atoms with Gasteiger partial charge in [-0.25, -0.2) is 4.39 Å². The molecule has 0 bridgehead atoms. The van der Waals surface area contributed by atoms with E-state index in [9.17, 15) is 9.18 Å². The molecule has 2 N–H and O–H groups in total. The zero-order chi connectivity index (χ0) is 18.5. The van der Waals surface area contributed by atoms with Crippen LogP contribution in [0.25, 0.3) is 10.9 Å². The van der Waals surface area contributed by atoms with E-state index in [0.717, 1.165) is 34.9 Å². The van der Waals surface area contributed by atoms with Gasteiger partial charge in [-0.3, -0.25) is 4.79 Å². The number of para-hydroxylation sites is 1. The maximum Gasteiger partial charge on any atom is 0.220 e. The molecule has 0 saturated heterocycles. The average Bonchev–Trinajstić information content (AvgIpc) is 3.08. The van der Waals surface area contributed by atoms with Crippen molar-refractivity contribution >= 4 is 16.8 Å². The fourth-order valence-electron chi connectivity index (χ4n) is 3.47. The Bertz CT molecular complexity index is 900. The number of amides is 1. The van der Waals surface area contributed by atoms with Crippen LogP contribution in [-0.2, 0) is 11.2 Å². The van der Waals surface area contributed by atoms with Gasteiger partial charge in [0.25, 0.3) is 0 Å². The standard InChI is InChI=1S/C22H25FN2O/c1-3-11-24-21(26)13-19(16-8-5-9-17(23)12-16)20-14-25-22-15(4-2)7-6-10-18(20)22/h5-10,12,14,19,25H,3-4,11,13H2,1-2H3,(H,24,26)/t19-/m1/s1. The van der Waals surface area contributed by atoms with Gasteiger partial charge >= 0.3 is 0 Å². The Labute approximate surface area is 153 Å². The summed E-state index contributed by atoms with van der Waals surface area (Å²) in [6, 6.07) is 12.8. The Morgan fingerprint density at radius 2 is 2.00 bits per heavy atom. The third kappa shape index (κ3) is 3.79. The van der Waals surface area contributed by atoms with Crippen LogP contribution in [-0.4, -0.2) is 17.4 Å². The zero-order valence-electron chi connectivity index (χ0n) is 15.3. The highest BCUT2D eigenvalue weighted by atomic mass is 19.1. The first-order valence-electron chi connectivity index (χ1n) is 9.25. The minimum atomic E-state index is -0.282. The summed E-state index contributed by atoms with van der Waals surface area (Å²) >= 11 is 0. The Morgan fingerprint density at radius 3 is 2.73 bits per heavy atom. The first kappa shape index (κ1) is 18.2. The molecule has 2 aromatic carbocycles. The molecule has 26 heavy (non-hydrogen) atoms. The smallest absolute Gasteiger partial charge is 0.220 e. The minimum absolute atomic E-state index is 0.0119. The summed E-state index contributed by atoms with van der Waals surface area (Å²) in [7, 11) is 0. The maximum absolute atomic E-state index is 13.8. The second kappa shape index (κ2) is 8.17. The molecule has 1 atom stereocenters. The minimum Gasteiger partial charge on any atom is -0.361 e. The van der Waals surface area contributed by atoms with Gasteiger partial charge < -0.3 is 10.3 Å². The molecule has 1 aromatic heterocycles. The first-order chi connectivity index (χ1) is 12.6. The second-order valence-corrected chi connectivity index (χ2v) is 6.60. The predicted octanol–water partition coefficient (Wildman–Crippen LogP) is 4.92. The molecule has 1 amide bonds. The highest BCUT2D eigenvalue weighted by Crippen LogP contribution is 2.34. The number of carbonyl (C=O) groups excluding carboxylic acids is 1. The van der Waals surface area contributed by atoms with Crippen LogP contribution in [0, 0.1) is 5.82 Å². The van der Waals surface area contributed by atoms with Gasteiger partial charge in [-0.15, -0.1) is 0 Å². The largest absolute Gasteiger partial charge is 0.361 e. The van der Waals surface area contributed by atoms with Crippen molar-refractivity contribution in [1.82, 2.24) is 10.3 Å². The van der Waals surface area contributed by atoms with E-state index < -0.39 is 0 Å². The number of H-pyrrole nitrogens is 1. The number of aromatic nitrogens is 1. The van der Waals surface area contributed by atoms with Crippen LogP contribution in [0.15, 0.2) is 48.7 Å². The van der Waals surface area contributed by atoms with E-state index >= 15 is 0 Å². The van der Waals surface area contributed by atoms with Crippen LogP contribution in [0.2, 0.25) is 0 Å². The van der Waals surface area contributed by atoms with Gasteiger partial charge in [-0.05, 0) is 41.7 Å². The Balaban J connectivity index is 2.04. The second-order valence-electron chi connectivity index (χ2n) is 6.60. The highest BCUT2D eigenvalue weighted by Gasteiger charge is 2.22. The molecule has 0 fully saturated rings. The van der Waals surface area contributed by atoms with E-state index in [1.807, 2.05) is 25.3 Å². The summed E-state index contributed by atoms with van der Waals surface area (Å²) in [5.41, 5.74) is 4.19. The molecule has 0 saturated carbocycles. The third-order valence-corrected chi connectivity index (χ3v) is 4.80. The lowest BCUT2D eigenvalue weighted by molar-refractivity contribution is -0.121. The summed E-state index contributed by atoms with van der Waals surface area (Å²) in [5.74, 6) is -0.485. The van der Waals surface area contributed by atoms with E-state index in [1.165, 1.54) is 17.7 Å². The summed E-state index contributed by atoms with van der Waals surface area (Å²) in [6.45, 7) is 4.80. The van der Waals surface area contributed by atoms with Crippen LogP contribution in [0.5, 0.6) is 0 Å².